The number of H-pyrrole nitrogens is 2. The van der Waals surface area contributed by atoms with Gasteiger partial charge in [0.15, 0.2) is 0 Å². The van der Waals surface area contributed by atoms with E-state index < -0.39 is 0 Å². The maximum absolute atomic E-state index is 11.6. The Morgan fingerprint density at radius 1 is 0.679 bits per heavy atom. The molecule has 4 amide bonds. The highest BCUT2D eigenvalue weighted by molar-refractivity contribution is 5.74. The number of urea groups is 2. The second kappa shape index (κ2) is 13.2. The Balaban J connectivity index is 1.33. The van der Waals surface area contributed by atoms with E-state index in [0.29, 0.717) is 26.2 Å². The quantitative estimate of drug-likeness (QED) is 0.285. The van der Waals surface area contributed by atoms with Crippen LogP contribution in [0.3, 0.4) is 0 Å². The maximum atomic E-state index is 11.6. The number of hydrogen-bond donors (Lipinski definition) is 6. The Hall–Kier alpha value is -3.04. The zero-order valence-electron chi connectivity index (χ0n) is 16.1. The third-order valence-electron chi connectivity index (χ3n) is 4.14. The van der Waals surface area contributed by atoms with Crippen LogP contribution >= 0.6 is 0 Å². The highest BCUT2D eigenvalue weighted by Gasteiger charge is 2.01. The Bertz CT molecular complexity index is 599. The molecule has 0 aliphatic heterocycles. The van der Waals surface area contributed by atoms with Crippen LogP contribution in [-0.4, -0.2) is 58.2 Å². The Morgan fingerprint density at radius 2 is 1.11 bits per heavy atom. The van der Waals surface area contributed by atoms with Crippen LogP contribution in [0.1, 0.15) is 37.1 Å². The number of rotatable bonds is 13. The van der Waals surface area contributed by atoms with E-state index in [1.54, 1.807) is 25.0 Å². The monoisotopic (exact) mass is 390 g/mol. The van der Waals surface area contributed by atoms with Crippen molar-refractivity contribution in [2.45, 2.75) is 38.5 Å². The van der Waals surface area contributed by atoms with Gasteiger partial charge in [0.05, 0.1) is 12.7 Å². The van der Waals surface area contributed by atoms with Crippen molar-refractivity contribution < 1.29 is 9.59 Å². The molecular weight excluding hydrogens is 360 g/mol. The molecular formula is C18H30N8O2. The summed E-state index contributed by atoms with van der Waals surface area (Å²) in [6.45, 7) is 2.45. The van der Waals surface area contributed by atoms with Crippen molar-refractivity contribution >= 4 is 12.1 Å². The van der Waals surface area contributed by atoms with Crippen molar-refractivity contribution in [3.63, 3.8) is 0 Å². The van der Waals surface area contributed by atoms with Gasteiger partial charge in [-0.15, -0.1) is 0 Å². The van der Waals surface area contributed by atoms with Gasteiger partial charge in [-0.05, 0) is 12.8 Å². The first-order chi connectivity index (χ1) is 13.7. The van der Waals surface area contributed by atoms with E-state index >= 15 is 0 Å². The Morgan fingerprint density at radius 3 is 1.50 bits per heavy atom. The van der Waals surface area contributed by atoms with Crippen LogP contribution in [0.4, 0.5) is 9.59 Å². The summed E-state index contributed by atoms with van der Waals surface area (Å²) in [6, 6.07) is -0.291. The van der Waals surface area contributed by atoms with Crippen molar-refractivity contribution in [2.75, 3.05) is 26.2 Å². The molecule has 0 aliphatic carbocycles. The molecule has 154 valence electrons. The molecule has 0 saturated carbocycles. The molecule has 0 spiro atoms. The summed E-state index contributed by atoms with van der Waals surface area (Å²) in [5.74, 6) is 0. The second-order valence-electron chi connectivity index (χ2n) is 6.43. The fourth-order valence-corrected chi connectivity index (χ4v) is 2.60. The van der Waals surface area contributed by atoms with Gasteiger partial charge in [-0.1, -0.05) is 12.8 Å². The van der Waals surface area contributed by atoms with Crippen LogP contribution in [0, 0.1) is 0 Å². The van der Waals surface area contributed by atoms with E-state index in [1.165, 1.54) is 0 Å². The molecule has 2 aromatic heterocycles. The Labute approximate surface area is 164 Å². The molecule has 0 atom stereocenters. The van der Waals surface area contributed by atoms with Crippen LogP contribution in [0.5, 0.6) is 0 Å². The van der Waals surface area contributed by atoms with Crippen molar-refractivity contribution in [3.8, 4) is 0 Å². The lowest BCUT2D eigenvalue weighted by Crippen LogP contribution is -2.37. The number of carbonyl (C=O) groups excluding carboxylic acids is 2. The van der Waals surface area contributed by atoms with Gasteiger partial charge in [-0.25, -0.2) is 19.6 Å². The summed E-state index contributed by atoms with van der Waals surface area (Å²) >= 11 is 0. The number of nitrogens with one attached hydrogen (secondary N) is 6. The molecule has 2 aromatic rings. The average Bonchev–Trinajstić information content (AvgIpc) is 3.38. The molecule has 0 bridgehead atoms. The minimum Gasteiger partial charge on any atom is -0.348 e. The zero-order valence-corrected chi connectivity index (χ0v) is 16.1. The van der Waals surface area contributed by atoms with E-state index in [0.717, 1.165) is 49.9 Å². The van der Waals surface area contributed by atoms with Gasteiger partial charge in [-0.2, -0.15) is 0 Å². The van der Waals surface area contributed by atoms with Gasteiger partial charge in [-0.3, -0.25) is 0 Å². The summed E-state index contributed by atoms with van der Waals surface area (Å²) < 4.78 is 0. The average molecular weight is 390 g/mol. The van der Waals surface area contributed by atoms with Crippen LogP contribution in [-0.2, 0) is 12.8 Å². The number of hydrogen-bond acceptors (Lipinski definition) is 4. The van der Waals surface area contributed by atoms with E-state index in [2.05, 4.69) is 41.2 Å². The number of amides is 4. The van der Waals surface area contributed by atoms with Crippen molar-refractivity contribution in [1.29, 1.82) is 0 Å². The summed E-state index contributed by atoms with van der Waals surface area (Å²) in [5, 5.41) is 11.3. The van der Waals surface area contributed by atoms with E-state index in [1.807, 2.05) is 0 Å². The van der Waals surface area contributed by atoms with E-state index in [-0.39, 0.29) is 12.1 Å². The van der Waals surface area contributed by atoms with Gasteiger partial charge >= 0.3 is 12.1 Å². The zero-order chi connectivity index (χ0) is 19.9. The van der Waals surface area contributed by atoms with Gasteiger partial charge < -0.3 is 31.2 Å². The second-order valence-corrected chi connectivity index (χ2v) is 6.43. The predicted octanol–water partition coefficient (Wildman–Crippen LogP) is 1.08. The third kappa shape index (κ3) is 9.60. The highest BCUT2D eigenvalue weighted by Crippen LogP contribution is 1.98. The topological polar surface area (TPSA) is 140 Å². The fraction of sp³-hybridized carbons (Fsp3) is 0.556. The summed E-state index contributed by atoms with van der Waals surface area (Å²) in [6.07, 6.45) is 12.1. The van der Waals surface area contributed by atoms with E-state index in [4.69, 9.17) is 0 Å². The molecule has 0 unspecified atom stereocenters. The molecule has 0 radical (unpaired) electrons. The first-order valence-electron chi connectivity index (χ1n) is 9.72. The molecule has 0 saturated heterocycles. The molecule has 10 nitrogen and oxygen atoms in total. The van der Waals surface area contributed by atoms with Gasteiger partial charge in [0.25, 0.3) is 0 Å². The van der Waals surface area contributed by atoms with Crippen molar-refractivity contribution in [1.82, 2.24) is 41.2 Å². The van der Waals surface area contributed by atoms with Crippen molar-refractivity contribution in [2.24, 2.45) is 0 Å². The van der Waals surface area contributed by atoms with Crippen LogP contribution in [0.15, 0.2) is 25.0 Å². The number of carbonyl (C=O) groups is 2. The van der Waals surface area contributed by atoms with Crippen LogP contribution < -0.4 is 21.3 Å². The largest absolute Gasteiger partial charge is 0.348 e. The molecule has 2 rings (SSSR count). The van der Waals surface area contributed by atoms with Gasteiger partial charge in [0.1, 0.15) is 0 Å². The first kappa shape index (κ1) is 21.3. The maximum Gasteiger partial charge on any atom is 0.314 e. The number of aromatic nitrogens is 4. The molecule has 0 fully saturated rings. The Kier molecular flexibility index (Phi) is 10.0. The van der Waals surface area contributed by atoms with E-state index in [9.17, 15) is 9.59 Å². The number of nitrogens with zero attached hydrogens (tertiary/aromatic N) is 2. The molecule has 10 heteroatoms. The standard InChI is InChI=1S/C18H30N8O2/c27-17(23-9-5-15-11-19-13-25-15)21-7-3-1-2-4-8-22-18(28)24-10-6-16-12-20-14-26-16/h11-14H,1-10H2,(H,19,25)(H,20,26)(H2,21,23,27)(H2,22,24,28). The smallest absolute Gasteiger partial charge is 0.314 e. The molecule has 2 heterocycles. The fourth-order valence-electron chi connectivity index (χ4n) is 2.60. The minimum absolute atomic E-state index is 0.145. The number of aromatic amines is 2. The summed E-state index contributed by atoms with van der Waals surface area (Å²) in [7, 11) is 0. The first-order valence-corrected chi connectivity index (χ1v) is 9.72. The molecule has 28 heavy (non-hydrogen) atoms. The predicted molar refractivity (Wildman–Crippen MR) is 106 cm³/mol. The lowest BCUT2D eigenvalue weighted by molar-refractivity contribution is 0.239. The number of imidazole rings is 2. The molecule has 0 aliphatic rings. The van der Waals surface area contributed by atoms with Gasteiger partial charge in [0.2, 0.25) is 0 Å². The summed E-state index contributed by atoms with van der Waals surface area (Å²) in [5.41, 5.74) is 2.00. The SMILES string of the molecule is O=C(NCCCCCCNC(=O)NCCc1cnc[nH]1)NCCc1cnc[nH]1. The van der Waals surface area contributed by atoms with Crippen LogP contribution in [0.25, 0.3) is 0 Å². The van der Waals surface area contributed by atoms with Crippen molar-refractivity contribution in [3.05, 3.63) is 36.4 Å². The lowest BCUT2D eigenvalue weighted by Gasteiger charge is -2.08. The summed E-state index contributed by atoms with van der Waals surface area (Å²) in [4.78, 5) is 37.1. The number of unbranched alkanes of at least 4 members (excludes halogenated alkanes) is 3. The highest BCUT2D eigenvalue weighted by atomic mass is 16.2. The van der Waals surface area contributed by atoms with Crippen LogP contribution in [0.2, 0.25) is 0 Å². The van der Waals surface area contributed by atoms with Gasteiger partial charge in [0, 0.05) is 62.8 Å². The molecule has 6 N–H and O–H groups in total. The molecule has 0 aromatic carbocycles. The normalized spacial score (nSPS) is 10.4. The minimum atomic E-state index is -0.145. The lowest BCUT2D eigenvalue weighted by atomic mass is 10.2. The third-order valence-corrected chi connectivity index (χ3v) is 4.14.